The molecule has 13 fully saturated rings. The van der Waals surface area contributed by atoms with E-state index in [0.29, 0.717) is 77.2 Å². The lowest BCUT2D eigenvalue weighted by Gasteiger charge is -2.35. The molecule has 4 spiro atoms. The SMILES string of the molecule is C1CCOC1.CC(C)(C)OC(=O)CCc1nnc([C@@H]2CC3(CC3)[C@@H]3CN2C(=O)N3OCc2ccccc2)o1.CC(C)(C)OC(=O)NCC(=O)CN.CC(C)(C)OC(=O)NCC(=O)CNC(=O)[C@@H]1CC2(CC2)[C@@H]2CN1C(=O)N2OCc1ccccc1.CC(C)(C)OC(=O)NCC(=O)O.NCc1nnc([C@@H]2CC3(CC3)[C@@H]3CN2C(=O)N3OS(=O)(=O)O)o1.NN.O.O=C(O)[C@@H]1CC2(CC2)[C@@H]2CN1C(=O)N2OCc1ccccc1.[2H]CC. The van der Waals surface area contributed by atoms with Gasteiger partial charge in [-0.25, -0.2) is 38.4 Å². The number of aromatic nitrogens is 4. The van der Waals surface area contributed by atoms with Gasteiger partial charge in [-0.3, -0.25) is 54.7 Å². The van der Waals surface area contributed by atoms with Crippen LogP contribution in [0.25, 0.3) is 0 Å². The van der Waals surface area contributed by atoms with Gasteiger partial charge in [0.2, 0.25) is 29.5 Å². The first-order valence-electron chi connectivity index (χ1n) is 49.2. The van der Waals surface area contributed by atoms with Gasteiger partial charge in [0.1, 0.15) is 72.9 Å². The number of aliphatic carboxylic acids is 2. The summed E-state index contributed by atoms with van der Waals surface area (Å²) in [5, 5.41) is 48.3. The molecule has 9 aliphatic heterocycles. The van der Waals surface area contributed by atoms with Crippen molar-refractivity contribution in [1.29, 1.82) is 0 Å². The first-order chi connectivity index (χ1) is 69.3. The summed E-state index contributed by atoms with van der Waals surface area (Å²) in [6.45, 7) is 27.1. The predicted molar refractivity (Wildman–Crippen MR) is 520 cm³/mol. The van der Waals surface area contributed by atoms with E-state index in [1.807, 2.05) is 112 Å². The number of nitrogens with zero attached hydrogens (tertiary/aromatic N) is 12. The molecular weight excluding hydrogens is 1950 g/mol. The van der Waals surface area contributed by atoms with Crippen LogP contribution < -0.4 is 44.4 Å². The van der Waals surface area contributed by atoms with E-state index in [0.717, 1.165) is 92.8 Å². The third kappa shape index (κ3) is 33.3. The fraction of sp³-hybridized carbons (Fsp3) is 0.635. The molecule has 4 aliphatic carbocycles. The minimum atomic E-state index is -4.77. The number of carbonyl (C=O) groups excluding carboxylic acids is 11. The number of nitrogens with one attached hydrogen (secondary N) is 4. The fourth-order valence-corrected chi connectivity index (χ4v) is 18.5. The maximum atomic E-state index is 13.2. The smallest absolute Gasteiger partial charge is 0.418 e. The summed E-state index contributed by atoms with van der Waals surface area (Å²) in [4.78, 5) is 178. The largest absolute Gasteiger partial charge is 0.480 e. The average Bonchev–Trinajstić information content (AvgIpc) is 1.74. The van der Waals surface area contributed by atoms with E-state index in [-0.39, 0.29) is 157 Å². The summed E-state index contributed by atoms with van der Waals surface area (Å²) < 4.78 is 78.0. The molecule has 8 atom stereocenters. The van der Waals surface area contributed by atoms with Crippen molar-refractivity contribution >= 4 is 88.2 Å². The summed E-state index contributed by atoms with van der Waals surface area (Å²) >= 11 is 0. The van der Waals surface area contributed by atoms with E-state index >= 15 is 0 Å². The number of Topliss-reactive ketones (excluding diaryl/α,β-unsaturated/α-hetero) is 2. The number of carboxylic acid groups (broad SMARTS) is 2. The second-order valence-electron chi connectivity index (χ2n) is 41.2. The van der Waals surface area contributed by atoms with Gasteiger partial charge in [-0.05, 0) is 211 Å². The second-order valence-corrected chi connectivity index (χ2v) is 42.2. The monoisotopic (exact) mass is 2090 g/mol. The van der Waals surface area contributed by atoms with Crippen LogP contribution in [0.4, 0.5) is 33.6 Å². The molecule has 11 heterocycles. The Labute approximate surface area is 854 Å². The number of ether oxygens (including phenoxy) is 5. The predicted octanol–water partition coefficient (Wildman–Crippen LogP) is 7.70. The van der Waals surface area contributed by atoms with E-state index in [1.165, 1.54) is 37.7 Å². The first kappa shape index (κ1) is 116. The molecule has 2 aromatic heterocycles. The number of hydrogen-bond donors (Lipinski definition) is 11. The number of hydrazine groups is 1. The van der Waals surface area contributed by atoms with Crippen LogP contribution in [0.2, 0.25) is 0 Å². The van der Waals surface area contributed by atoms with Crippen LogP contribution in [0.15, 0.2) is 99.8 Å². The fourth-order valence-electron chi connectivity index (χ4n) is 18.2. The lowest BCUT2D eigenvalue weighted by Crippen LogP contribution is -2.53. The van der Waals surface area contributed by atoms with Gasteiger partial charge in [-0.2, -0.15) is 28.7 Å². The zero-order valence-corrected chi connectivity index (χ0v) is 86.3. The van der Waals surface area contributed by atoms with Crippen LogP contribution in [0.3, 0.4) is 0 Å². The maximum Gasteiger partial charge on any atom is 0.418 e. The Bertz CT molecular complexity index is 5430. The third-order valence-electron chi connectivity index (χ3n) is 25.7. The molecular formula is C96H144N20O30S. The molecule has 12 amide bonds. The Morgan fingerprint density at radius 2 is 0.803 bits per heavy atom. The molecule has 8 bridgehead atoms. The summed E-state index contributed by atoms with van der Waals surface area (Å²) in [6, 6.07) is 25.2. The zero-order chi connectivity index (χ0) is 108. The summed E-state index contributed by atoms with van der Waals surface area (Å²) in [5.41, 5.74) is 10.7. The van der Waals surface area contributed by atoms with Crippen molar-refractivity contribution in [2.24, 2.45) is 44.8 Å². The van der Waals surface area contributed by atoms with Crippen molar-refractivity contribution in [2.75, 3.05) is 72.1 Å². The molecule has 814 valence electrons. The van der Waals surface area contributed by atoms with Crippen LogP contribution >= 0.6 is 0 Å². The summed E-state index contributed by atoms with van der Waals surface area (Å²) in [6.07, 6.45) is 11.1. The lowest BCUT2D eigenvalue weighted by molar-refractivity contribution is -0.155. The molecule has 3 aromatic carbocycles. The minimum absolute atomic E-state index is 0. The number of urea groups is 4. The van der Waals surface area contributed by atoms with Crippen molar-refractivity contribution in [3.63, 3.8) is 0 Å². The molecule has 147 heavy (non-hydrogen) atoms. The van der Waals surface area contributed by atoms with Gasteiger partial charge in [0.25, 0.3) is 0 Å². The van der Waals surface area contributed by atoms with Crippen molar-refractivity contribution in [3.8, 4) is 0 Å². The van der Waals surface area contributed by atoms with E-state index in [9.17, 15) is 75.9 Å². The number of fused-ring (bicyclic) bond motifs is 12. The number of rotatable bonds is 28. The lowest BCUT2D eigenvalue weighted by atomic mass is 9.85. The topological polar surface area (TPSA) is 687 Å². The van der Waals surface area contributed by atoms with Gasteiger partial charge in [0.15, 0.2) is 11.6 Å². The third-order valence-corrected chi connectivity index (χ3v) is 26.0. The van der Waals surface area contributed by atoms with E-state index in [4.69, 9.17) is 69.5 Å². The van der Waals surface area contributed by atoms with Crippen LogP contribution in [-0.2, 0) is 114 Å². The molecule has 51 heteroatoms. The molecule has 18 rings (SSSR count). The van der Waals surface area contributed by atoms with Gasteiger partial charge in [-0.1, -0.05) is 105 Å². The Morgan fingerprint density at radius 3 is 1.15 bits per heavy atom. The normalized spacial score (nSPS) is 22.0. The van der Waals surface area contributed by atoms with Gasteiger partial charge in [0, 0.05) is 47.2 Å². The Hall–Kier alpha value is -12.4. The highest BCUT2D eigenvalue weighted by atomic mass is 32.3. The summed E-state index contributed by atoms with van der Waals surface area (Å²) in [5.74, 6) is 6.07. The average molecular weight is 2090 g/mol. The molecule has 17 N–H and O–H groups in total. The Morgan fingerprint density at radius 1 is 0.469 bits per heavy atom. The molecule has 50 nitrogen and oxygen atoms in total. The standard InChI is InChI=1S/C24H32N4O6.C24H30N4O5.C16H18N2O4.C11H15N5O6S.C8H16N2O3.C7H13NO4.C4H8O.C2H6.H4N2.H2O/c1-23(2,3)34-21(31)26-13-17(29)12-25-20(30)18-11-24(9-10-24)19-14-27(18)22(32)28(19)33-15-16-7-5-4-6-8-16;1-23(2,3)33-20(29)10-9-19-25-26-21(32-19)17-13-24(11-12-24)18-14-27(17)22(30)28(18)31-15-16-7-5-4-6-8-16;19-14(20)12-8-16(6-7-16)13-9-17(12)15(21)18(13)22-10-11-4-2-1-3-5-11;12-4-8-13-14-9(21-8)6-3-11(1-2-11)7-5-15(6)10(17)16(7)22-23(18,19)20;1-8(2,3)13-7(12)10-5-6(11)4-9;1-7(2,3)12-6(11)8-4-5(9)10;1-2-4-5-3-1;2*1-2;/h4-8,18-19H,9-15H2,1-3H3,(H,25,30)(H,26,31);4-8,17-18H,9-15H2,1-3H3;1-5,12-13H,6-10H2,(H,19,20);6-7H,1-5,12H2,(H,18,19,20);4-5,9H2,1-3H3,(H,10,12);4H2,1-3H3,(H,8,11)(H,9,10);1-4H2;1-2H3;1-2H2;1H2/t18-,19-;17-,18-;12-,13-;6-,7-;;;;;;/m0000....../s1/i;;;;;;;1D;;. The molecule has 13 aliphatic rings. The highest BCUT2D eigenvalue weighted by Crippen LogP contribution is 2.64. The molecule has 9 saturated heterocycles. The number of piperidine rings is 4. The van der Waals surface area contributed by atoms with Gasteiger partial charge in [0.05, 0.1) is 63.3 Å². The number of carbonyl (C=O) groups is 13. The molecule has 5 aromatic rings. The number of esters is 1. The van der Waals surface area contributed by atoms with Crippen LogP contribution in [-0.4, -0.2) is 297 Å². The Balaban J connectivity index is 0.000000199. The van der Waals surface area contributed by atoms with Gasteiger partial charge >= 0.3 is 70.7 Å². The Kier molecular flexibility index (Phi) is 40.4. The van der Waals surface area contributed by atoms with Gasteiger partial charge < -0.3 is 101 Å². The number of hydroxylamine groups is 8. The van der Waals surface area contributed by atoms with Crippen LogP contribution in [0.5, 0.6) is 0 Å². The quantitative estimate of drug-likeness (QED) is 0.00751. The maximum absolute atomic E-state index is 13.2. The van der Waals surface area contributed by atoms with E-state index in [2.05, 4.69) is 57.6 Å². The highest BCUT2D eigenvalue weighted by molar-refractivity contribution is 7.80. The first-order valence-corrected chi connectivity index (χ1v) is 49.9. The minimum Gasteiger partial charge on any atom is -0.480 e. The molecule has 0 unspecified atom stereocenters. The van der Waals surface area contributed by atoms with E-state index < -0.39 is 99.8 Å². The van der Waals surface area contributed by atoms with Crippen molar-refractivity contribution < 1.29 is 144 Å². The van der Waals surface area contributed by atoms with Crippen LogP contribution in [0.1, 0.15) is 247 Å². The summed E-state index contributed by atoms with van der Waals surface area (Å²) in [7, 11) is -4.77. The van der Waals surface area contributed by atoms with Gasteiger partial charge in [-0.15, -0.1) is 24.7 Å². The van der Waals surface area contributed by atoms with Crippen molar-refractivity contribution in [2.45, 2.75) is 297 Å². The van der Waals surface area contributed by atoms with Crippen molar-refractivity contribution in [3.05, 3.63) is 131 Å². The molecule has 0 radical (unpaired) electrons. The number of nitrogens with two attached hydrogens (primary N) is 4. The number of ketones is 2. The number of amides is 12. The van der Waals surface area contributed by atoms with E-state index in [1.54, 1.807) is 79.2 Å². The number of hydrogen-bond acceptors (Lipinski definition) is 34. The van der Waals surface area contributed by atoms with Crippen molar-refractivity contribution in [1.82, 2.24) is 81.5 Å². The number of aryl methyl sites for hydroxylation is 1. The second kappa shape index (κ2) is 51.0. The van der Waals surface area contributed by atoms with Crippen LogP contribution in [0, 0.1) is 21.7 Å². The number of benzene rings is 3. The number of alkyl carbamates (subject to hydrolysis) is 3. The zero-order valence-electron chi connectivity index (χ0n) is 86.4. The molecule has 4 saturated carbocycles. The number of carboxylic acids is 2. The highest BCUT2D eigenvalue weighted by Gasteiger charge is 2.69.